The number of hydrogen-bond acceptors (Lipinski definition) is 3. The fourth-order valence-corrected chi connectivity index (χ4v) is 2.47. The van der Waals surface area contributed by atoms with Gasteiger partial charge in [-0.1, -0.05) is 18.2 Å². The lowest BCUT2D eigenvalue weighted by molar-refractivity contribution is -0.274. The number of hydrogen-bond donors (Lipinski definition) is 2. The highest BCUT2D eigenvalue weighted by molar-refractivity contribution is 5.85. The van der Waals surface area contributed by atoms with Crippen molar-refractivity contribution in [1.29, 1.82) is 0 Å². The molecule has 1 amide bonds. The zero-order valence-corrected chi connectivity index (χ0v) is 13.3. The maximum absolute atomic E-state index is 12.3. The molecule has 0 saturated carbocycles. The predicted octanol–water partition coefficient (Wildman–Crippen LogP) is 2.67. The smallest absolute Gasteiger partial charge is 0.406 e. The largest absolute Gasteiger partial charge is 0.573 e. The van der Waals surface area contributed by atoms with Crippen LogP contribution in [-0.4, -0.2) is 31.9 Å². The molecule has 1 aliphatic rings. The first-order valence-electron chi connectivity index (χ1n) is 7.28. The summed E-state index contributed by atoms with van der Waals surface area (Å²) in [6.07, 6.45) is -2.63. The van der Waals surface area contributed by atoms with Gasteiger partial charge in [0.1, 0.15) is 5.75 Å². The van der Waals surface area contributed by atoms with E-state index in [1.54, 1.807) is 12.1 Å². The zero-order valence-electron chi connectivity index (χ0n) is 12.5. The molecule has 1 aromatic rings. The maximum Gasteiger partial charge on any atom is 0.573 e. The molecule has 2 rings (SSSR count). The van der Waals surface area contributed by atoms with Crippen LogP contribution in [0.4, 0.5) is 13.2 Å². The summed E-state index contributed by atoms with van der Waals surface area (Å²) in [6, 6.07) is 5.97. The van der Waals surface area contributed by atoms with E-state index in [1.165, 1.54) is 12.1 Å². The molecule has 1 saturated heterocycles. The van der Waals surface area contributed by atoms with Crippen LogP contribution in [0.3, 0.4) is 0 Å². The summed E-state index contributed by atoms with van der Waals surface area (Å²) < 4.78 is 40.9. The average molecular weight is 353 g/mol. The molecule has 23 heavy (non-hydrogen) atoms. The molecule has 4 nitrogen and oxygen atoms in total. The normalized spacial score (nSPS) is 18.0. The van der Waals surface area contributed by atoms with Gasteiger partial charge in [0.2, 0.25) is 5.91 Å². The lowest BCUT2D eigenvalue weighted by atomic mass is 9.99. The molecule has 0 spiro atoms. The number of carbonyl (C=O) groups excluding carboxylic acids is 1. The molecular formula is C15H20ClF3N2O2. The second-order valence-corrected chi connectivity index (χ2v) is 5.24. The van der Waals surface area contributed by atoms with Gasteiger partial charge in [-0.15, -0.1) is 25.6 Å². The van der Waals surface area contributed by atoms with Crippen molar-refractivity contribution in [2.45, 2.75) is 25.6 Å². The molecule has 1 heterocycles. The molecule has 1 aliphatic heterocycles. The monoisotopic (exact) mass is 352 g/mol. The highest BCUT2D eigenvalue weighted by Gasteiger charge is 2.31. The Morgan fingerprint density at radius 1 is 1.35 bits per heavy atom. The van der Waals surface area contributed by atoms with Crippen LogP contribution in [0.5, 0.6) is 5.75 Å². The van der Waals surface area contributed by atoms with E-state index in [-0.39, 0.29) is 42.9 Å². The number of ether oxygens (including phenoxy) is 1. The minimum atomic E-state index is -4.72. The molecule has 1 fully saturated rings. The van der Waals surface area contributed by atoms with E-state index in [0.717, 1.165) is 19.4 Å². The lowest BCUT2D eigenvalue weighted by Gasteiger charge is -2.22. The van der Waals surface area contributed by atoms with Crippen molar-refractivity contribution in [1.82, 2.24) is 10.6 Å². The third-order valence-corrected chi connectivity index (χ3v) is 3.56. The molecule has 130 valence electrons. The van der Waals surface area contributed by atoms with Gasteiger partial charge in [-0.25, -0.2) is 0 Å². The van der Waals surface area contributed by atoms with Crippen LogP contribution in [0.15, 0.2) is 24.3 Å². The number of benzene rings is 1. The molecule has 0 radical (unpaired) electrons. The van der Waals surface area contributed by atoms with E-state index in [1.807, 2.05) is 0 Å². The van der Waals surface area contributed by atoms with Gasteiger partial charge < -0.3 is 15.4 Å². The Kier molecular flexibility index (Phi) is 7.64. The summed E-state index contributed by atoms with van der Waals surface area (Å²) >= 11 is 0. The van der Waals surface area contributed by atoms with E-state index in [0.29, 0.717) is 12.1 Å². The highest BCUT2D eigenvalue weighted by atomic mass is 35.5. The standard InChI is InChI=1S/C15H19F3N2O2.ClH/c16-15(17,18)22-13-6-2-1-4-11(13)7-9-20-14(21)12-5-3-8-19-10-12;/h1-2,4,6,12,19H,3,5,7-10H2,(H,20,21);1H. The van der Waals surface area contributed by atoms with Crippen molar-refractivity contribution in [2.75, 3.05) is 19.6 Å². The molecule has 2 N–H and O–H groups in total. The summed E-state index contributed by atoms with van der Waals surface area (Å²) in [5, 5.41) is 5.93. The Bertz CT molecular complexity index is 506. The van der Waals surface area contributed by atoms with Crippen molar-refractivity contribution in [3.8, 4) is 5.75 Å². The first-order valence-corrected chi connectivity index (χ1v) is 7.28. The highest BCUT2D eigenvalue weighted by Crippen LogP contribution is 2.26. The van der Waals surface area contributed by atoms with E-state index in [9.17, 15) is 18.0 Å². The topological polar surface area (TPSA) is 50.4 Å². The second-order valence-electron chi connectivity index (χ2n) is 5.24. The van der Waals surface area contributed by atoms with Crippen LogP contribution in [-0.2, 0) is 11.2 Å². The minimum absolute atomic E-state index is 0. The molecule has 8 heteroatoms. The summed E-state index contributed by atoms with van der Waals surface area (Å²) in [4.78, 5) is 11.9. The predicted molar refractivity (Wildman–Crippen MR) is 82.7 cm³/mol. The Balaban J connectivity index is 0.00000264. The Hall–Kier alpha value is -1.47. The SMILES string of the molecule is Cl.O=C(NCCc1ccccc1OC(F)(F)F)C1CCCNC1. The third kappa shape index (κ3) is 6.66. The lowest BCUT2D eigenvalue weighted by Crippen LogP contribution is -2.41. The fraction of sp³-hybridized carbons (Fsp3) is 0.533. The summed E-state index contributed by atoms with van der Waals surface area (Å²) in [5.41, 5.74) is 0.418. The van der Waals surface area contributed by atoms with E-state index in [4.69, 9.17) is 0 Å². The van der Waals surface area contributed by atoms with Crippen molar-refractivity contribution in [3.05, 3.63) is 29.8 Å². The van der Waals surface area contributed by atoms with Crippen molar-refractivity contribution >= 4 is 18.3 Å². The number of piperidine rings is 1. The quantitative estimate of drug-likeness (QED) is 0.856. The van der Waals surface area contributed by atoms with Gasteiger partial charge in [0.05, 0.1) is 5.92 Å². The first kappa shape index (κ1) is 19.6. The third-order valence-electron chi connectivity index (χ3n) is 3.56. The van der Waals surface area contributed by atoms with E-state index in [2.05, 4.69) is 15.4 Å². The van der Waals surface area contributed by atoms with Crippen LogP contribution in [0, 0.1) is 5.92 Å². The number of para-hydroxylation sites is 1. The van der Waals surface area contributed by atoms with Gasteiger partial charge in [0.25, 0.3) is 0 Å². The number of amides is 1. The van der Waals surface area contributed by atoms with Crippen LogP contribution in [0.25, 0.3) is 0 Å². The molecule has 1 unspecified atom stereocenters. The van der Waals surface area contributed by atoms with Crippen molar-refractivity contribution in [2.24, 2.45) is 5.92 Å². The van der Waals surface area contributed by atoms with Crippen molar-refractivity contribution < 1.29 is 22.7 Å². The summed E-state index contributed by atoms with van der Waals surface area (Å²) in [7, 11) is 0. The number of rotatable bonds is 5. The molecule has 0 bridgehead atoms. The van der Waals surface area contributed by atoms with Crippen LogP contribution < -0.4 is 15.4 Å². The van der Waals surface area contributed by atoms with Gasteiger partial charge in [0.15, 0.2) is 0 Å². The van der Waals surface area contributed by atoms with Gasteiger partial charge in [-0.2, -0.15) is 0 Å². The van der Waals surface area contributed by atoms with Crippen LogP contribution >= 0.6 is 12.4 Å². The van der Waals surface area contributed by atoms with Crippen molar-refractivity contribution in [3.63, 3.8) is 0 Å². The van der Waals surface area contributed by atoms with Crippen LogP contribution in [0.2, 0.25) is 0 Å². The number of carbonyl (C=O) groups is 1. The number of alkyl halides is 3. The van der Waals surface area contributed by atoms with Gasteiger partial charge >= 0.3 is 6.36 Å². The molecule has 1 atom stereocenters. The Morgan fingerprint density at radius 2 is 2.09 bits per heavy atom. The maximum atomic E-state index is 12.3. The fourth-order valence-electron chi connectivity index (χ4n) is 2.47. The van der Waals surface area contributed by atoms with Gasteiger partial charge in [-0.3, -0.25) is 4.79 Å². The summed E-state index contributed by atoms with van der Waals surface area (Å²) in [6.45, 7) is 1.86. The zero-order chi connectivity index (χ0) is 16.0. The minimum Gasteiger partial charge on any atom is -0.406 e. The van der Waals surface area contributed by atoms with Gasteiger partial charge in [0, 0.05) is 13.1 Å². The number of nitrogens with one attached hydrogen (secondary N) is 2. The van der Waals surface area contributed by atoms with E-state index < -0.39 is 6.36 Å². The van der Waals surface area contributed by atoms with Gasteiger partial charge in [-0.05, 0) is 37.4 Å². The number of halogens is 4. The second kappa shape index (κ2) is 8.98. The average Bonchev–Trinajstić information content (AvgIpc) is 2.48. The molecule has 0 aromatic heterocycles. The Morgan fingerprint density at radius 3 is 2.74 bits per heavy atom. The molecule has 1 aromatic carbocycles. The Labute approximate surface area is 139 Å². The summed E-state index contributed by atoms with van der Waals surface area (Å²) in [5.74, 6) is -0.333. The van der Waals surface area contributed by atoms with E-state index >= 15 is 0 Å². The molecule has 0 aliphatic carbocycles. The first-order chi connectivity index (χ1) is 10.5. The van der Waals surface area contributed by atoms with Crippen LogP contribution in [0.1, 0.15) is 18.4 Å². The molecular weight excluding hydrogens is 333 g/mol.